The minimum Gasteiger partial charge on any atom is -0.370 e. The van der Waals surface area contributed by atoms with Gasteiger partial charge in [-0.1, -0.05) is 49.6 Å². The van der Waals surface area contributed by atoms with E-state index in [1.54, 1.807) is 0 Å². The van der Waals surface area contributed by atoms with Crippen LogP contribution < -0.4 is 11.1 Å². The molecule has 1 aromatic rings. The van der Waals surface area contributed by atoms with Crippen LogP contribution in [0.1, 0.15) is 43.7 Å². The molecule has 23 heavy (non-hydrogen) atoms. The lowest BCUT2D eigenvalue weighted by Crippen LogP contribution is -2.42. The van der Waals surface area contributed by atoms with Gasteiger partial charge in [0.25, 0.3) is 5.91 Å². The Labute approximate surface area is 136 Å². The Morgan fingerprint density at radius 1 is 1.13 bits per heavy atom. The molecule has 1 aromatic carbocycles. The fourth-order valence-corrected chi connectivity index (χ4v) is 3.95. The summed E-state index contributed by atoms with van der Waals surface area (Å²) in [6.07, 6.45) is 5.94. The molecule has 5 heteroatoms. The summed E-state index contributed by atoms with van der Waals surface area (Å²) in [5, 5.41) is 3.01. The molecule has 1 saturated carbocycles. The summed E-state index contributed by atoms with van der Waals surface area (Å²) in [5.41, 5.74) is 8.73. The summed E-state index contributed by atoms with van der Waals surface area (Å²) in [4.78, 5) is 19.4. The first-order valence-electron chi connectivity index (χ1n) is 8.43. The predicted molar refractivity (Wildman–Crippen MR) is 89.6 cm³/mol. The summed E-state index contributed by atoms with van der Waals surface area (Å²) >= 11 is 0. The maximum Gasteiger partial charge on any atom is 0.271 e. The van der Waals surface area contributed by atoms with Gasteiger partial charge in [-0.3, -0.25) is 4.79 Å². The zero-order valence-electron chi connectivity index (χ0n) is 13.2. The normalized spacial score (nSPS) is 25.2. The number of nitrogens with zero attached hydrogens (tertiary/aromatic N) is 2. The van der Waals surface area contributed by atoms with Gasteiger partial charge in [0.15, 0.2) is 5.96 Å². The van der Waals surface area contributed by atoms with Crippen molar-refractivity contribution in [2.24, 2.45) is 10.7 Å². The van der Waals surface area contributed by atoms with Crippen molar-refractivity contribution in [2.75, 3.05) is 6.54 Å². The van der Waals surface area contributed by atoms with E-state index in [4.69, 9.17) is 5.73 Å². The van der Waals surface area contributed by atoms with Crippen molar-refractivity contribution in [1.82, 2.24) is 10.2 Å². The average Bonchev–Trinajstić information content (AvgIpc) is 2.93. The quantitative estimate of drug-likeness (QED) is 0.878. The van der Waals surface area contributed by atoms with Gasteiger partial charge in [0.05, 0.1) is 0 Å². The van der Waals surface area contributed by atoms with Gasteiger partial charge in [-0.25, -0.2) is 4.99 Å². The molecule has 2 heterocycles. The van der Waals surface area contributed by atoms with Crippen LogP contribution in [0.15, 0.2) is 46.6 Å². The number of hydrogen-bond acceptors (Lipinski definition) is 4. The van der Waals surface area contributed by atoms with E-state index < -0.39 is 0 Å². The van der Waals surface area contributed by atoms with Crippen molar-refractivity contribution in [1.29, 1.82) is 0 Å². The number of hydrogen-bond donors (Lipinski definition) is 2. The van der Waals surface area contributed by atoms with E-state index >= 15 is 0 Å². The van der Waals surface area contributed by atoms with Gasteiger partial charge in [-0.15, -0.1) is 0 Å². The number of amides is 1. The average molecular weight is 310 g/mol. The highest BCUT2D eigenvalue weighted by Gasteiger charge is 2.40. The number of carbonyl (C=O) groups is 1. The van der Waals surface area contributed by atoms with Crippen LogP contribution in [0.2, 0.25) is 0 Å². The van der Waals surface area contributed by atoms with Gasteiger partial charge in [-0.2, -0.15) is 0 Å². The van der Waals surface area contributed by atoms with E-state index in [2.05, 4.69) is 10.3 Å². The molecule has 120 valence electrons. The molecule has 0 spiro atoms. The van der Waals surface area contributed by atoms with Crippen molar-refractivity contribution in [2.45, 2.75) is 44.2 Å². The number of aliphatic imine (C=N–C) groups is 1. The molecule has 1 amide bonds. The van der Waals surface area contributed by atoms with Crippen molar-refractivity contribution in [3.63, 3.8) is 0 Å². The van der Waals surface area contributed by atoms with Crippen LogP contribution in [-0.2, 0) is 4.79 Å². The standard InChI is InChI=1S/C18H22N4O/c19-18-20-15(12-7-3-1-4-8-12)14-11-22(17(23)16(14)21-18)13-9-5-2-6-10-13/h1,3-4,7-8,13,15H,2,5-6,9-11H2,(H3,19,20,21). The SMILES string of the molecule is NC1=NC(c2ccccc2)C2=C(N1)C(=O)N(C1CCCCC1)C2. The zero-order valence-corrected chi connectivity index (χ0v) is 13.2. The molecule has 1 unspecified atom stereocenters. The molecule has 5 nitrogen and oxygen atoms in total. The highest BCUT2D eigenvalue weighted by molar-refractivity contribution is 6.02. The maximum atomic E-state index is 12.9. The second-order valence-corrected chi connectivity index (χ2v) is 6.58. The molecule has 3 N–H and O–H groups in total. The van der Waals surface area contributed by atoms with Crippen LogP contribution in [-0.4, -0.2) is 29.4 Å². The van der Waals surface area contributed by atoms with Crippen molar-refractivity contribution < 1.29 is 4.79 Å². The number of nitrogens with two attached hydrogens (primary N) is 1. The summed E-state index contributed by atoms with van der Waals surface area (Å²) in [7, 11) is 0. The number of rotatable bonds is 2. The Bertz CT molecular complexity index is 674. The third-order valence-corrected chi connectivity index (χ3v) is 5.12. The smallest absolute Gasteiger partial charge is 0.271 e. The lowest BCUT2D eigenvalue weighted by Gasteiger charge is -2.31. The molecule has 0 aromatic heterocycles. The predicted octanol–water partition coefficient (Wildman–Crippen LogP) is 2.07. The largest absolute Gasteiger partial charge is 0.370 e. The molecule has 0 saturated heterocycles. The first kappa shape index (κ1) is 14.3. The van der Waals surface area contributed by atoms with Crippen molar-refractivity contribution in [3.05, 3.63) is 47.2 Å². The molecular weight excluding hydrogens is 288 g/mol. The first-order chi connectivity index (χ1) is 11.2. The maximum absolute atomic E-state index is 12.9. The van der Waals surface area contributed by atoms with Crippen LogP contribution in [0.3, 0.4) is 0 Å². The fraction of sp³-hybridized carbons (Fsp3) is 0.444. The summed E-state index contributed by atoms with van der Waals surface area (Å²) < 4.78 is 0. The van der Waals surface area contributed by atoms with E-state index in [-0.39, 0.29) is 11.9 Å². The summed E-state index contributed by atoms with van der Waals surface area (Å²) in [6.45, 7) is 0.669. The van der Waals surface area contributed by atoms with E-state index in [0.717, 1.165) is 24.0 Å². The van der Waals surface area contributed by atoms with Crippen molar-refractivity contribution in [3.8, 4) is 0 Å². The molecule has 2 aliphatic heterocycles. The minimum absolute atomic E-state index is 0.0886. The molecule has 0 radical (unpaired) electrons. The number of benzene rings is 1. The molecule has 4 rings (SSSR count). The van der Waals surface area contributed by atoms with E-state index in [1.807, 2.05) is 35.2 Å². The Morgan fingerprint density at radius 3 is 2.61 bits per heavy atom. The van der Waals surface area contributed by atoms with E-state index in [9.17, 15) is 4.79 Å². The number of nitrogens with one attached hydrogen (secondary N) is 1. The fourth-order valence-electron chi connectivity index (χ4n) is 3.95. The molecule has 1 fully saturated rings. The lowest BCUT2D eigenvalue weighted by atomic mass is 9.94. The van der Waals surface area contributed by atoms with Gasteiger partial charge < -0.3 is 16.0 Å². The van der Waals surface area contributed by atoms with Crippen LogP contribution in [0.4, 0.5) is 0 Å². The Balaban J connectivity index is 1.64. The van der Waals surface area contributed by atoms with Crippen LogP contribution in [0.5, 0.6) is 0 Å². The zero-order chi connectivity index (χ0) is 15.8. The Hall–Kier alpha value is -2.30. The molecular formula is C18H22N4O. The third kappa shape index (κ3) is 2.50. The number of guanidine groups is 1. The van der Waals surface area contributed by atoms with Gasteiger partial charge >= 0.3 is 0 Å². The molecule has 1 atom stereocenters. The molecule has 3 aliphatic rings. The number of carbonyl (C=O) groups excluding carboxylic acids is 1. The van der Waals surface area contributed by atoms with Crippen LogP contribution >= 0.6 is 0 Å². The summed E-state index contributed by atoms with van der Waals surface area (Å²) in [5.74, 6) is 0.419. The van der Waals surface area contributed by atoms with Crippen LogP contribution in [0, 0.1) is 0 Å². The highest BCUT2D eigenvalue weighted by atomic mass is 16.2. The highest BCUT2D eigenvalue weighted by Crippen LogP contribution is 2.37. The van der Waals surface area contributed by atoms with Gasteiger partial charge in [0.2, 0.25) is 0 Å². The summed E-state index contributed by atoms with van der Waals surface area (Å²) in [6, 6.07) is 10.3. The van der Waals surface area contributed by atoms with Gasteiger partial charge in [-0.05, 0) is 18.4 Å². The van der Waals surface area contributed by atoms with Crippen LogP contribution in [0.25, 0.3) is 0 Å². The third-order valence-electron chi connectivity index (χ3n) is 5.12. The second-order valence-electron chi connectivity index (χ2n) is 6.58. The van der Waals surface area contributed by atoms with E-state index in [0.29, 0.717) is 24.2 Å². The Kier molecular flexibility index (Phi) is 3.56. The van der Waals surface area contributed by atoms with Crippen molar-refractivity contribution >= 4 is 11.9 Å². The first-order valence-corrected chi connectivity index (χ1v) is 8.43. The van der Waals surface area contributed by atoms with Gasteiger partial charge in [0, 0.05) is 18.2 Å². The topological polar surface area (TPSA) is 70.7 Å². The monoisotopic (exact) mass is 310 g/mol. The van der Waals surface area contributed by atoms with Gasteiger partial charge in [0.1, 0.15) is 11.7 Å². The Morgan fingerprint density at radius 2 is 1.87 bits per heavy atom. The lowest BCUT2D eigenvalue weighted by molar-refractivity contribution is -0.128. The molecule has 1 aliphatic carbocycles. The minimum atomic E-state index is -0.148. The second kappa shape index (κ2) is 5.72. The van der Waals surface area contributed by atoms with E-state index in [1.165, 1.54) is 19.3 Å². The molecule has 0 bridgehead atoms.